The van der Waals surface area contributed by atoms with E-state index in [0.717, 1.165) is 5.69 Å². The molecule has 0 saturated heterocycles. The molecule has 1 heterocycles. The Labute approximate surface area is 82.4 Å². The van der Waals surface area contributed by atoms with Gasteiger partial charge in [-0.05, 0) is 25.0 Å². The first-order valence-corrected chi connectivity index (χ1v) is 4.69. The van der Waals surface area contributed by atoms with Crippen molar-refractivity contribution < 1.29 is 0 Å². The molecule has 2 rings (SSSR count). The van der Waals surface area contributed by atoms with E-state index in [1.165, 1.54) is 12.8 Å². The highest BCUT2D eigenvalue weighted by molar-refractivity contribution is 7.80. The molecular weight excluding hydrogens is 182 g/mol. The van der Waals surface area contributed by atoms with Crippen molar-refractivity contribution in [3.8, 4) is 0 Å². The number of rotatable bonds is 3. The van der Waals surface area contributed by atoms with Crippen molar-refractivity contribution in [2.45, 2.75) is 18.9 Å². The zero-order chi connectivity index (χ0) is 9.26. The lowest BCUT2D eigenvalue weighted by Crippen LogP contribution is -2.15. The second kappa shape index (κ2) is 3.30. The van der Waals surface area contributed by atoms with E-state index in [-0.39, 0.29) is 0 Å². The fourth-order valence-electron chi connectivity index (χ4n) is 1.17. The summed E-state index contributed by atoms with van der Waals surface area (Å²) in [5.41, 5.74) is 7.19. The standard InChI is InChI=1S/C9H11N3S/c10-9(13)8-7(2-1-5-11-8)12-6-3-4-6/h1-2,5-6,12H,3-4H2,(H2,10,13). The van der Waals surface area contributed by atoms with Crippen LogP contribution in [0.5, 0.6) is 0 Å². The number of nitrogens with zero attached hydrogens (tertiary/aromatic N) is 1. The Bertz CT molecular complexity index is 333. The van der Waals surface area contributed by atoms with Crippen molar-refractivity contribution in [1.29, 1.82) is 0 Å². The zero-order valence-corrected chi connectivity index (χ0v) is 7.97. The molecule has 1 aliphatic carbocycles. The number of thiocarbonyl (C=S) groups is 1. The number of pyridine rings is 1. The minimum Gasteiger partial charge on any atom is -0.388 e. The quantitative estimate of drug-likeness (QED) is 0.710. The van der Waals surface area contributed by atoms with E-state index in [2.05, 4.69) is 10.3 Å². The molecule has 1 saturated carbocycles. The molecule has 0 aliphatic heterocycles. The van der Waals surface area contributed by atoms with Gasteiger partial charge in [-0.15, -0.1) is 0 Å². The summed E-state index contributed by atoms with van der Waals surface area (Å²) in [6.07, 6.45) is 4.16. The van der Waals surface area contributed by atoms with Crippen LogP contribution in [-0.4, -0.2) is 16.0 Å². The Morgan fingerprint density at radius 3 is 3.00 bits per heavy atom. The van der Waals surface area contributed by atoms with Crippen molar-refractivity contribution in [1.82, 2.24) is 4.98 Å². The van der Waals surface area contributed by atoms with Gasteiger partial charge in [-0.1, -0.05) is 12.2 Å². The second-order valence-electron chi connectivity index (χ2n) is 3.18. The predicted octanol–water partition coefficient (Wildman–Crippen LogP) is 1.29. The third-order valence-corrected chi connectivity index (χ3v) is 2.17. The first-order chi connectivity index (χ1) is 6.27. The van der Waals surface area contributed by atoms with Crippen LogP contribution in [0, 0.1) is 0 Å². The zero-order valence-electron chi connectivity index (χ0n) is 7.16. The molecule has 0 atom stereocenters. The van der Waals surface area contributed by atoms with Crippen molar-refractivity contribution in [3.05, 3.63) is 24.0 Å². The van der Waals surface area contributed by atoms with Crippen LogP contribution in [0.1, 0.15) is 18.5 Å². The molecule has 1 fully saturated rings. The van der Waals surface area contributed by atoms with Crippen LogP contribution in [-0.2, 0) is 0 Å². The SMILES string of the molecule is NC(=S)c1ncccc1NC1CC1. The van der Waals surface area contributed by atoms with Crippen LogP contribution in [0.4, 0.5) is 5.69 Å². The van der Waals surface area contributed by atoms with Gasteiger partial charge >= 0.3 is 0 Å². The number of nitrogens with one attached hydrogen (secondary N) is 1. The molecule has 68 valence electrons. The molecule has 4 heteroatoms. The molecule has 0 bridgehead atoms. The monoisotopic (exact) mass is 193 g/mol. The van der Waals surface area contributed by atoms with Gasteiger partial charge < -0.3 is 11.1 Å². The van der Waals surface area contributed by atoms with Crippen LogP contribution in [0.15, 0.2) is 18.3 Å². The molecule has 0 amide bonds. The van der Waals surface area contributed by atoms with Crippen LogP contribution in [0.3, 0.4) is 0 Å². The van der Waals surface area contributed by atoms with Crippen molar-refractivity contribution in [2.75, 3.05) is 5.32 Å². The maximum atomic E-state index is 5.54. The summed E-state index contributed by atoms with van der Waals surface area (Å²) in [7, 11) is 0. The number of hydrogen-bond donors (Lipinski definition) is 2. The van der Waals surface area contributed by atoms with Gasteiger partial charge in [0, 0.05) is 12.2 Å². The minimum absolute atomic E-state index is 0.351. The molecule has 1 aromatic rings. The van der Waals surface area contributed by atoms with Crippen molar-refractivity contribution in [3.63, 3.8) is 0 Å². The number of hydrogen-bond acceptors (Lipinski definition) is 3. The maximum absolute atomic E-state index is 5.54. The summed E-state index contributed by atoms with van der Waals surface area (Å²) in [6, 6.07) is 4.43. The number of anilines is 1. The Kier molecular flexibility index (Phi) is 2.14. The maximum Gasteiger partial charge on any atom is 0.124 e. The molecule has 3 nitrogen and oxygen atoms in total. The number of nitrogens with two attached hydrogens (primary N) is 1. The Hall–Kier alpha value is -1.16. The normalized spacial score (nSPS) is 15.4. The highest BCUT2D eigenvalue weighted by Gasteiger charge is 2.22. The van der Waals surface area contributed by atoms with E-state index < -0.39 is 0 Å². The summed E-state index contributed by atoms with van der Waals surface area (Å²) in [5, 5.41) is 3.34. The fourth-order valence-corrected chi connectivity index (χ4v) is 1.33. The largest absolute Gasteiger partial charge is 0.388 e. The Balaban J connectivity index is 2.25. The van der Waals surface area contributed by atoms with Crippen molar-refractivity contribution in [2.24, 2.45) is 5.73 Å². The van der Waals surface area contributed by atoms with Gasteiger partial charge in [-0.2, -0.15) is 0 Å². The van der Waals surface area contributed by atoms with Crippen LogP contribution >= 0.6 is 12.2 Å². The van der Waals surface area contributed by atoms with Gasteiger partial charge in [-0.25, -0.2) is 0 Å². The summed E-state index contributed by atoms with van der Waals surface area (Å²) in [4.78, 5) is 4.48. The van der Waals surface area contributed by atoms with Crippen LogP contribution in [0.2, 0.25) is 0 Å². The van der Waals surface area contributed by atoms with Gasteiger partial charge in [-0.3, -0.25) is 4.98 Å². The van der Waals surface area contributed by atoms with E-state index in [1.807, 2.05) is 12.1 Å². The van der Waals surface area contributed by atoms with Crippen LogP contribution in [0.25, 0.3) is 0 Å². The first-order valence-electron chi connectivity index (χ1n) is 4.29. The third-order valence-electron chi connectivity index (χ3n) is 1.98. The van der Waals surface area contributed by atoms with E-state index in [9.17, 15) is 0 Å². The Morgan fingerprint density at radius 2 is 2.38 bits per heavy atom. The third kappa shape index (κ3) is 1.95. The van der Waals surface area contributed by atoms with Gasteiger partial charge in [0.05, 0.1) is 5.69 Å². The summed E-state index contributed by atoms with van der Waals surface area (Å²) >= 11 is 4.90. The topological polar surface area (TPSA) is 50.9 Å². The van der Waals surface area contributed by atoms with E-state index in [1.54, 1.807) is 6.20 Å². The average Bonchev–Trinajstić information content (AvgIpc) is 2.89. The van der Waals surface area contributed by atoms with Gasteiger partial charge in [0.2, 0.25) is 0 Å². The smallest absolute Gasteiger partial charge is 0.124 e. The second-order valence-corrected chi connectivity index (χ2v) is 3.62. The summed E-state index contributed by atoms with van der Waals surface area (Å²) in [5.74, 6) is 0. The summed E-state index contributed by atoms with van der Waals surface area (Å²) in [6.45, 7) is 0. The molecule has 0 aromatic carbocycles. The molecule has 1 aromatic heterocycles. The lowest BCUT2D eigenvalue weighted by atomic mass is 10.3. The molecule has 13 heavy (non-hydrogen) atoms. The van der Waals surface area contributed by atoms with Gasteiger partial charge in [0.15, 0.2) is 0 Å². The summed E-state index contributed by atoms with van der Waals surface area (Å²) < 4.78 is 0. The van der Waals surface area contributed by atoms with Crippen molar-refractivity contribution >= 4 is 22.9 Å². The fraction of sp³-hybridized carbons (Fsp3) is 0.333. The van der Waals surface area contributed by atoms with E-state index in [4.69, 9.17) is 18.0 Å². The first kappa shape index (κ1) is 8.44. The average molecular weight is 193 g/mol. The number of aromatic nitrogens is 1. The molecule has 1 aliphatic rings. The highest BCUT2D eigenvalue weighted by atomic mass is 32.1. The van der Waals surface area contributed by atoms with Gasteiger partial charge in [0.25, 0.3) is 0 Å². The van der Waals surface area contributed by atoms with E-state index in [0.29, 0.717) is 16.7 Å². The lowest BCUT2D eigenvalue weighted by Gasteiger charge is -2.08. The molecule has 3 N–H and O–H groups in total. The molecule has 0 unspecified atom stereocenters. The highest BCUT2D eigenvalue weighted by Crippen LogP contribution is 2.25. The molecule has 0 spiro atoms. The predicted molar refractivity (Wildman–Crippen MR) is 56.8 cm³/mol. The van der Waals surface area contributed by atoms with Crippen LogP contribution < -0.4 is 11.1 Å². The van der Waals surface area contributed by atoms with E-state index >= 15 is 0 Å². The minimum atomic E-state index is 0.351. The Morgan fingerprint density at radius 1 is 1.62 bits per heavy atom. The van der Waals surface area contributed by atoms with Gasteiger partial charge in [0.1, 0.15) is 10.7 Å². The lowest BCUT2D eigenvalue weighted by molar-refractivity contribution is 1.14. The molecule has 0 radical (unpaired) electrons. The molecular formula is C9H11N3S.